The lowest BCUT2D eigenvalue weighted by molar-refractivity contribution is 0.0725. The van der Waals surface area contributed by atoms with Gasteiger partial charge in [0.1, 0.15) is 0 Å². The van der Waals surface area contributed by atoms with E-state index in [1.54, 1.807) is 11.1 Å². The zero-order chi connectivity index (χ0) is 12.6. The molecule has 1 aliphatic rings. The Morgan fingerprint density at radius 1 is 1.50 bits per heavy atom. The van der Waals surface area contributed by atoms with Crippen LogP contribution in [0.2, 0.25) is 0 Å². The largest absolute Gasteiger partial charge is 0.449 e. The van der Waals surface area contributed by atoms with Crippen molar-refractivity contribution in [1.82, 2.24) is 15.2 Å². The van der Waals surface area contributed by atoms with Gasteiger partial charge in [0.25, 0.3) is 0 Å². The Morgan fingerprint density at radius 3 is 3.22 bits per heavy atom. The maximum Gasteiger partial charge on any atom is 0.409 e. The van der Waals surface area contributed by atoms with Crippen LogP contribution in [-0.4, -0.2) is 42.2 Å². The number of hydrogen-bond acceptors (Lipinski definition) is 4. The van der Waals surface area contributed by atoms with Crippen LogP contribution in [-0.2, 0) is 11.3 Å². The second-order valence-electron chi connectivity index (χ2n) is 4.35. The van der Waals surface area contributed by atoms with Gasteiger partial charge in [-0.05, 0) is 31.0 Å². The molecule has 1 aromatic heterocycles. The van der Waals surface area contributed by atoms with Crippen LogP contribution >= 0.6 is 0 Å². The van der Waals surface area contributed by atoms with Gasteiger partial charge in [-0.2, -0.15) is 0 Å². The lowest BCUT2D eigenvalue weighted by Gasteiger charge is -2.26. The minimum absolute atomic E-state index is 0.173. The molecule has 1 fully saturated rings. The number of nitrogens with zero attached hydrogens (tertiary/aromatic N) is 2. The number of ether oxygens (including phenoxy) is 1. The van der Waals surface area contributed by atoms with E-state index in [1.165, 1.54) is 5.56 Å². The molecule has 1 aromatic rings. The maximum absolute atomic E-state index is 11.4. The lowest BCUT2D eigenvalue weighted by Crippen LogP contribution is -2.39. The highest BCUT2D eigenvalue weighted by molar-refractivity contribution is 5.68. The molecule has 5 nitrogen and oxygen atoms in total. The zero-order valence-electron chi connectivity index (χ0n) is 10.5. The summed E-state index contributed by atoms with van der Waals surface area (Å²) < 4.78 is 4.98. The predicted octanol–water partition coefficient (Wildman–Crippen LogP) is 1.40. The lowest BCUT2D eigenvalue weighted by atomic mass is 10.3. The van der Waals surface area contributed by atoms with E-state index >= 15 is 0 Å². The Kier molecular flexibility index (Phi) is 4.96. The van der Waals surface area contributed by atoms with Gasteiger partial charge in [0, 0.05) is 32.0 Å². The van der Waals surface area contributed by atoms with Crippen molar-refractivity contribution in [3.8, 4) is 0 Å². The number of rotatable bonds is 6. The molecule has 98 valence electrons. The van der Waals surface area contributed by atoms with E-state index in [1.807, 2.05) is 18.3 Å². The van der Waals surface area contributed by atoms with Crippen LogP contribution in [0.5, 0.6) is 0 Å². The summed E-state index contributed by atoms with van der Waals surface area (Å²) in [7, 11) is 0. The molecule has 0 spiro atoms. The third-order valence-corrected chi connectivity index (χ3v) is 2.89. The highest BCUT2D eigenvalue weighted by atomic mass is 16.6. The van der Waals surface area contributed by atoms with Crippen molar-refractivity contribution in [1.29, 1.82) is 0 Å². The van der Waals surface area contributed by atoms with Crippen molar-refractivity contribution in [2.75, 3.05) is 26.2 Å². The predicted molar refractivity (Wildman–Crippen MR) is 68.1 cm³/mol. The first kappa shape index (κ1) is 12.8. The average molecular weight is 249 g/mol. The molecular weight excluding hydrogens is 230 g/mol. The summed E-state index contributed by atoms with van der Waals surface area (Å²) in [5.74, 6) is 0. The fraction of sp³-hybridized carbons (Fsp3) is 0.538. The van der Waals surface area contributed by atoms with Crippen LogP contribution in [0.15, 0.2) is 24.5 Å². The van der Waals surface area contributed by atoms with Gasteiger partial charge in [0.05, 0.1) is 6.61 Å². The number of hydrogen-bond donors (Lipinski definition) is 1. The molecule has 0 aromatic carbocycles. The first-order chi connectivity index (χ1) is 8.86. The van der Waals surface area contributed by atoms with Gasteiger partial charge >= 0.3 is 6.09 Å². The second-order valence-corrected chi connectivity index (χ2v) is 4.35. The fourth-order valence-electron chi connectivity index (χ4n) is 1.93. The summed E-state index contributed by atoms with van der Waals surface area (Å²) in [6.45, 7) is 3.85. The average Bonchev–Trinajstić information content (AvgIpc) is 2.42. The summed E-state index contributed by atoms with van der Waals surface area (Å²) in [4.78, 5) is 17.2. The number of nitrogens with one attached hydrogen (secondary N) is 1. The second kappa shape index (κ2) is 6.96. The van der Waals surface area contributed by atoms with Crippen molar-refractivity contribution in [2.24, 2.45) is 0 Å². The highest BCUT2D eigenvalue weighted by Gasteiger charge is 2.18. The standard InChI is InChI=1S/C13H19N3O2/c17-13-16(8-3-9-18-13)7-2-6-15-11-12-4-1-5-14-10-12/h1,4-5,10,15H,2-3,6-9,11H2. The van der Waals surface area contributed by atoms with Crippen LogP contribution in [0.25, 0.3) is 0 Å². The summed E-state index contributed by atoms with van der Waals surface area (Å²) in [6, 6.07) is 3.97. The number of cyclic esters (lactones) is 1. The molecule has 0 saturated carbocycles. The van der Waals surface area contributed by atoms with E-state index in [9.17, 15) is 4.79 Å². The number of carbonyl (C=O) groups excluding carboxylic acids is 1. The summed E-state index contributed by atoms with van der Waals surface area (Å²) in [5.41, 5.74) is 1.18. The van der Waals surface area contributed by atoms with Gasteiger partial charge in [0.2, 0.25) is 0 Å². The van der Waals surface area contributed by atoms with Gasteiger partial charge in [0.15, 0.2) is 0 Å². The van der Waals surface area contributed by atoms with Crippen molar-refractivity contribution >= 4 is 6.09 Å². The highest BCUT2D eigenvalue weighted by Crippen LogP contribution is 2.04. The topological polar surface area (TPSA) is 54.5 Å². The Morgan fingerprint density at radius 2 is 2.44 bits per heavy atom. The molecule has 0 atom stereocenters. The zero-order valence-corrected chi connectivity index (χ0v) is 10.5. The number of pyridine rings is 1. The number of carbonyl (C=O) groups is 1. The Labute approximate surface area is 107 Å². The minimum atomic E-state index is -0.173. The first-order valence-electron chi connectivity index (χ1n) is 6.37. The van der Waals surface area contributed by atoms with Gasteiger partial charge in [-0.3, -0.25) is 4.98 Å². The monoisotopic (exact) mass is 249 g/mol. The third kappa shape index (κ3) is 4.00. The molecule has 0 radical (unpaired) electrons. The minimum Gasteiger partial charge on any atom is -0.449 e. The molecule has 5 heteroatoms. The third-order valence-electron chi connectivity index (χ3n) is 2.89. The molecular formula is C13H19N3O2. The van der Waals surface area contributed by atoms with E-state index in [0.717, 1.165) is 39.0 Å². The van der Waals surface area contributed by atoms with Crippen molar-refractivity contribution in [2.45, 2.75) is 19.4 Å². The van der Waals surface area contributed by atoms with Gasteiger partial charge in [-0.1, -0.05) is 6.07 Å². The van der Waals surface area contributed by atoms with E-state index in [2.05, 4.69) is 10.3 Å². The van der Waals surface area contributed by atoms with Crippen LogP contribution in [0.1, 0.15) is 18.4 Å². The fourth-order valence-corrected chi connectivity index (χ4v) is 1.93. The van der Waals surface area contributed by atoms with Gasteiger partial charge in [-0.15, -0.1) is 0 Å². The molecule has 1 N–H and O–H groups in total. The summed E-state index contributed by atoms with van der Waals surface area (Å²) in [5, 5.41) is 3.34. The van der Waals surface area contributed by atoms with Crippen LogP contribution in [0.4, 0.5) is 4.79 Å². The summed E-state index contributed by atoms with van der Waals surface area (Å²) >= 11 is 0. The van der Waals surface area contributed by atoms with E-state index in [0.29, 0.717) is 6.61 Å². The van der Waals surface area contributed by atoms with Gasteiger partial charge < -0.3 is 15.0 Å². The molecule has 2 rings (SSSR count). The molecule has 2 heterocycles. The first-order valence-corrected chi connectivity index (χ1v) is 6.37. The van der Waals surface area contributed by atoms with E-state index < -0.39 is 0 Å². The molecule has 1 saturated heterocycles. The van der Waals surface area contributed by atoms with Crippen LogP contribution in [0.3, 0.4) is 0 Å². The van der Waals surface area contributed by atoms with Crippen molar-refractivity contribution in [3.05, 3.63) is 30.1 Å². The molecule has 0 bridgehead atoms. The molecule has 1 amide bonds. The Balaban J connectivity index is 1.57. The normalized spacial score (nSPS) is 15.6. The number of amides is 1. The van der Waals surface area contributed by atoms with Crippen molar-refractivity contribution in [3.63, 3.8) is 0 Å². The molecule has 0 unspecified atom stereocenters. The SMILES string of the molecule is O=C1OCCCN1CCCNCc1cccnc1. The van der Waals surface area contributed by atoms with E-state index in [4.69, 9.17) is 4.74 Å². The summed E-state index contributed by atoms with van der Waals surface area (Å²) in [6.07, 6.45) is 5.33. The molecule has 1 aliphatic heterocycles. The smallest absolute Gasteiger partial charge is 0.409 e. The van der Waals surface area contributed by atoms with Crippen LogP contribution < -0.4 is 5.32 Å². The number of aromatic nitrogens is 1. The maximum atomic E-state index is 11.4. The van der Waals surface area contributed by atoms with Gasteiger partial charge in [-0.25, -0.2) is 4.79 Å². The van der Waals surface area contributed by atoms with Crippen LogP contribution in [0, 0.1) is 0 Å². The molecule has 18 heavy (non-hydrogen) atoms. The van der Waals surface area contributed by atoms with Crippen molar-refractivity contribution < 1.29 is 9.53 Å². The van der Waals surface area contributed by atoms with E-state index in [-0.39, 0.29) is 6.09 Å². The Hall–Kier alpha value is -1.62. The molecule has 0 aliphatic carbocycles. The quantitative estimate of drug-likeness (QED) is 0.774. The Bertz CT molecular complexity index is 370.